The molecule has 0 spiro atoms. The Hall–Kier alpha value is -1.71. The van der Waals surface area contributed by atoms with Crippen molar-refractivity contribution in [3.05, 3.63) is 36.6 Å². The van der Waals surface area contributed by atoms with E-state index in [0.717, 1.165) is 5.57 Å². The van der Waals surface area contributed by atoms with Gasteiger partial charge in [0.2, 0.25) is 0 Å². The summed E-state index contributed by atoms with van der Waals surface area (Å²) >= 11 is 0. The normalized spacial score (nSPS) is 11.5. The molecule has 4 nitrogen and oxygen atoms in total. The number of primary amides is 1. The summed E-state index contributed by atoms with van der Waals surface area (Å²) in [4.78, 5) is 10.3. The molecule has 0 aliphatic rings. The van der Waals surface area contributed by atoms with E-state index in [-0.39, 0.29) is 0 Å². The Morgan fingerprint density at radius 1 is 1.58 bits per heavy atom. The lowest BCUT2D eigenvalue weighted by Gasteiger charge is -2.00. The van der Waals surface area contributed by atoms with E-state index in [1.807, 2.05) is 0 Å². The Balaban J connectivity index is 4.05. The quantitative estimate of drug-likeness (QED) is 0.524. The second kappa shape index (κ2) is 6.03. The van der Waals surface area contributed by atoms with E-state index in [1.165, 1.54) is 6.20 Å². The maximum absolute atomic E-state index is 10.3. The van der Waals surface area contributed by atoms with Crippen LogP contribution in [0.1, 0.15) is 0 Å². The minimum absolute atomic E-state index is 0.356. The van der Waals surface area contributed by atoms with Crippen LogP contribution in [0, 0.1) is 0 Å². The smallest absolute Gasteiger partial charge is 0.312 e. The number of hydrogen-bond acceptors (Lipinski definition) is 2. The van der Waals surface area contributed by atoms with Crippen LogP contribution in [-0.2, 0) is 0 Å². The number of carbonyl (C=O) groups is 1. The Bertz CT molecular complexity index is 218. The van der Waals surface area contributed by atoms with Gasteiger partial charge in [0, 0.05) is 6.54 Å². The van der Waals surface area contributed by atoms with Crippen molar-refractivity contribution >= 4 is 6.03 Å². The zero-order valence-corrected chi connectivity index (χ0v) is 6.79. The molecule has 0 aromatic rings. The molecular formula is C8H13N3O. The molecule has 66 valence electrons. The summed E-state index contributed by atoms with van der Waals surface area (Å²) in [5.74, 6) is 0. The Kier molecular flexibility index (Phi) is 5.17. The molecule has 0 saturated carbocycles. The van der Waals surface area contributed by atoms with Crippen LogP contribution in [-0.4, -0.2) is 12.6 Å². The lowest BCUT2D eigenvalue weighted by molar-refractivity contribution is 0.250. The van der Waals surface area contributed by atoms with Crippen molar-refractivity contribution in [2.24, 2.45) is 11.5 Å². The van der Waals surface area contributed by atoms with Gasteiger partial charge in [0.25, 0.3) is 0 Å². The number of urea groups is 1. The van der Waals surface area contributed by atoms with Crippen LogP contribution in [0.2, 0.25) is 0 Å². The Morgan fingerprint density at radius 2 is 2.25 bits per heavy atom. The molecular weight excluding hydrogens is 154 g/mol. The van der Waals surface area contributed by atoms with E-state index in [4.69, 9.17) is 11.5 Å². The first-order valence-corrected chi connectivity index (χ1v) is 3.44. The van der Waals surface area contributed by atoms with E-state index in [0.29, 0.717) is 6.54 Å². The number of carbonyl (C=O) groups excluding carboxylic acids is 1. The van der Waals surface area contributed by atoms with E-state index >= 15 is 0 Å². The van der Waals surface area contributed by atoms with Gasteiger partial charge >= 0.3 is 6.03 Å². The van der Waals surface area contributed by atoms with Gasteiger partial charge in [-0.25, -0.2) is 4.79 Å². The molecule has 0 atom stereocenters. The second-order valence-electron chi connectivity index (χ2n) is 2.05. The van der Waals surface area contributed by atoms with Gasteiger partial charge in [-0.1, -0.05) is 18.7 Å². The predicted octanol–water partition coefficient (Wildman–Crippen LogP) is 0.239. The summed E-state index contributed by atoms with van der Waals surface area (Å²) < 4.78 is 0. The number of hydrogen-bond donors (Lipinski definition) is 3. The summed E-state index contributed by atoms with van der Waals surface area (Å²) in [6, 6.07) is -0.560. The fourth-order valence-corrected chi connectivity index (χ4v) is 0.638. The first-order valence-electron chi connectivity index (χ1n) is 3.44. The fraction of sp³-hybridized carbons (Fsp3) is 0.125. The highest BCUT2D eigenvalue weighted by molar-refractivity contribution is 5.72. The third kappa shape index (κ3) is 5.10. The van der Waals surface area contributed by atoms with Crippen LogP contribution in [0.4, 0.5) is 4.79 Å². The molecule has 2 amide bonds. The average Bonchev–Trinajstić information content (AvgIpc) is 2.01. The van der Waals surface area contributed by atoms with Crippen LogP contribution in [0.25, 0.3) is 0 Å². The maximum atomic E-state index is 10.3. The molecule has 0 heterocycles. The van der Waals surface area contributed by atoms with Crippen molar-refractivity contribution in [1.29, 1.82) is 0 Å². The van der Waals surface area contributed by atoms with Gasteiger partial charge in [-0.3, -0.25) is 0 Å². The molecule has 0 fully saturated rings. The van der Waals surface area contributed by atoms with Gasteiger partial charge in [-0.05, 0) is 17.8 Å². The first kappa shape index (κ1) is 10.3. The van der Waals surface area contributed by atoms with Gasteiger partial charge in [0.05, 0.1) is 0 Å². The molecule has 0 aliphatic carbocycles. The molecule has 0 unspecified atom stereocenters. The zero-order valence-electron chi connectivity index (χ0n) is 6.79. The lowest BCUT2D eigenvalue weighted by Crippen LogP contribution is -2.30. The van der Waals surface area contributed by atoms with Crippen molar-refractivity contribution in [2.75, 3.05) is 6.54 Å². The van der Waals surface area contributed by atoms with Crippen molar-refractivity contribution in [3.63, 3.8) is 0 Å². The van der Waals surface area contributed by atoms with Crippen LogP contribution in [0.15, 0.2) is 36.6 Å². The highest BCUT2D eigenvalue weighted by atomic mass is 16.2. The van der Waals surface area contributed by atoms with E-state index in [9.17, 15) is 4.79 Å². The van der Waals surface area contributed by atoms with Crippen LogP contribution >= 0.6 is 0 Å². The zero-order chi connectivity index (χ0) is 9.40. The largest absolute Gasteiger partial charge is 0.405 e. The SMILES string of the molecule is C=C/C=C(\C=C/N)CNC(N)=O. The topological polar surface area (TPSA) is 81.1 Å². The standard InChI is InChI=1S/C8H13N3O/c1-2-3-7(4-5-9)6-11-8(10)12/h2-5H,1,6,9H2,(H3,10,11,12)/b5-4-,7-3+. The fourth-order valence-electron chi connectivity index (χ4n) is 0.638. The number of allylic oxidation sites excluding steroid dienone is 2. The van der Waals surface area contributed by atoms with Crippen LogP contribution in [0.3, 0.4) is 0 Å². The van der Waals surface area contributed by atoms with Gasteiger partial charge in [-0.2, -0.15) is 0 Å². The van der Waals surface area contributed by atoms with E-state index in [1.54, 1.807) is 18.2 Å². The molecule has 4 heteroatoms. The predicted molar refractivity (Wildman–Crippen MR) is 49.2 cm³/mol. The first-order chi connectivity index (χ1) is 5.70. The molecule has 5 N–H and O–H groups in total. The Morgan fingerprint density at radius 3 is 2.67 bits per heavy atom. The third-order valence-corrected chi connectivity index (χ3v) is 1.11. The number of amides is 2. The summed E-state index contributed by atoms with van der Waals surface area (Å²) in [7, 11) is 0. The summed E-state index contributed by atoms with van der Waals surface area (Å²) in [6.45, 7) is 3.87. The molecule has 0 saturated heterocycles. The summed E-state index contributed by atoms with van der Waals surface area (Å²) in [5, 5.41) is 2.43. The molecule has 0 aliphatic heterocycles. The van der Waals surface area contributed by atoms with Gasteiger partial charge in [0.15, 0.2) is 0 Å². The molecule has 0 bridgehead atoms. The minimum atomic E-state index is -0.560. The van der Waals surface area contributed by atoms with Crippen molar-refractivity contribution in [3.8, 4) is 0 Å². The van der Waals surface area contributed by atoms with Crippen molar-refractivity contribution in [2.45, 2.75) is 0 Å². The maximum Gasteiger partial charge on any atom is 0.312 e. The number of nitrogens with one attached hydrogen (secondary N) is 1. The van der Waals surface area contributed by atoms with Gasteiger partial charge < -0.3 is 16.8 Å². The number of rotatable bonds is 4. The lowest BCUT2D eigenvalue weighted by atomic mass is 10.2. The minimum Gasteiger partial charge on any atom is -0.405 e. The van der Waals surface area contributed by atoms with Crippen LogP contribution < -0.4 is 16.8 Å². The Labute approximate surface area is 71.6 Å². The monoisotopic (exact) mass is 167 g/mol. The third-order valence-electron chi connectivity index (χ3n) is 1.11. The summed E-state index contributed by atoms with van der Waals surface area (Å²) in [5.41, 5.74) is 10.9. The molecule has 12 heavy (non-hydrogen) atoms. The number of nitrogens with two attached hydrogens (primary N) is 2. The van der Waals surface area contributed by atoms with Crippen molar-refractivity contribution in [1.82, 2.24) is 5.32 Å². The molecule has 0 aromatic heterocycles. The van der Waals surface area contributed by atoms with E-state index in [2.05, 4.69) is 11.9 Å². The van der Waals surface area contributed by atoms with E-state index < -0.39 is 6.03 Å². The van der Waals surface area contributed by atoms with Gasteiger partial charge in [-0.15, -0.1) is 0 Å². The highest BCUT2D eigenvalue weighted by Crippen LogP contribution is 1.93. The average molecular weight is 167 g/mol. The van der Waals surface area contributed by atoms with Crippen LogP contribution in [0.5, 0.6) is 0 Å². The highest BCUT2D eigenvalue weighted by Gasteiger charge is 1.92. The van der Waals surface area contributed by atoms with Crippen molar-refractivity contribution < 1.29 is 4.79 Å². The molecule has 0 radical (unpaired) electrons. The van der Waals surface area contributed by atoms with Gasteiger partial charge in [0.1, 0.15) is 0 Å². The molecule has 0 aromatic carbocycles. The molecule has 0 rings (SSSR count). The second-order valence-corrected chi connectivity index (χ2v) is 2.05. The summed E-state index contributed by atoms with van der Waals surface area (Å²) in [6.07, 6.45) is 6.40.